The maximum atomic E-state index is 11.5. The third-order valence-electron chi connectivity index (χ3n) is 2.60. The monoisotopic (exact) mass is 213 g/mol. The molecule has 0 aliphatic heterocycles. The molecule has 0 aromatic carbocycles. The third kappa shape index (κ3) is 3.90. The van der Waals surface area contributed by atoms with Crippen molar-refractivity contribution < 1.29 is 14.3 Å². The molecule has 0 aromatic heterocycles. The molecule has 4 heteroatoms. The van der Waals surface area contributed by atoms with Gasteiger partial charge in [0.05, 0.1) is 7.11 Å². The van der Waals surface area contributed by atoms with E-state index >= 15 is 0 Å². The zero-order chi connectivity index (χ0) is 11.3. The molecule has 15 heavy (non-hydrogen) atoms. The molecule has 1 rings (SSSR count). The van der Waals surface area contributed by atoms with Gasteiger partial charge < -0.3 is 10.1 Å². The van der Waals surface area contributed by atoms with E-state index in [1.165, 1.54) is 7.11 Å². The van der Waals surface area contributed by atoms with E-state index in [2.05, 4.69) is 17.0 Å². The lowest BCUT2D eigenvalue weighted by Crippen LogP contribution is -2.42. The first kappa shape index (κ1) is 12.0. The van der Waals surface area contributed by atoms with Crippen LogP contribution in [0.25, 0.3) is 0 Å². The summed E-state index contributed by atoms with van der Waals surface area (Å²) in [5.74, 6) is -0.197. The topological polar surface area (TPSA) is 55.4 Å². The van der Waals surface area contributed by atoms with Gasteiger partial charge in [-0.2, -0.15) is 0 Å². The molecular weight excluding hydrogens is 194 g/mol. The highest BCUT2D eigenvalue weighted by Crippen LogP contribution is 2.29. The predicted octanol–water partition coefficient (Wildman–Crippen LogP) is 1.24. The molecule has 0 aromatic rings. The van der Waals surface area contributed by atoms with E-state index in [1.54, 1.807) is 0 Å². The van der Waals surface area contributed by atoms with Gasteiger partial charge in [-0.3, -0.25) is 4.79 Å². The van der Waals surface area contributed by atoms with Crippen LogP contribution >= 0.6 is 0 Å². The fraction of sp³-hybridized carbons (Fsp3) is 0.818. The number of amides is 1. The smallest absolute Gasteiger partial charge is 0.328 e. The van der Waals surface area contributed by atoms with Crippen molar-refractivity contribution in [3.8, 4) is 0 Å². The van der Waals surface area contributed by atoms with Crippen LogP contribution in [0.5, 0.6) is 0 Å². The molecule has 1 aliphatic carbocycles. The van der Waals surface area contributed by atoms with Crippen LogP contribution in [0.1, 0.15) is 39.0 Å². The molecule has 1 saturated carbocycles. The van der Waals surface area contributed by atoms with Gasteiger partial charge in [0.2, 0.25) is 5.91 Å². The first-order chi connectivity index (χ1) is 7.19. The molecule has 0 saturated heterocycles. The highest BCUT2D eigenvalue weighted by Gasteiger charge is 2.32. The van der Waals surface area contributed by atoms with Crippen LogP contribution in [-0.4, -0.2) is 25.0 Å². The molecule has 1 N–H and O–H groups in total. The van der Waals surface area contributed by atoms with Gasteiger partial charge in [-0.1, -0.05) is 19.8 Å². The Morgan fingerprint density at radius 2 is 2.13 bits per heavy atom. The number of ether oxygens (including phenoxy) is 1. The summed E-state index contributed by atoms with van der Waals surface area (Å²) in [4.78, 5) is 22.8. The molecule has 0 radical (unpaired) electrons. The molecule has 0 heterocycles. The van der Waals surface area contributed by atoms with Gasteiger partial charge in [-0.05, 0) is 19.3 Å². The van der Waals surface area contributed by atoms with Crippen molar-refractivity contribution in [2.24, 2.45) is 5.92 Å². The minimum atomic E-state index is -0.456. The zero-order valence-corrected chi connectivity index (χ0v) is 9.41. The SMILES string of the molecule is CCCC[C@H](NC(=O)C1CC1)C(=O)OC. The van der Waals surface area contributed by atoms with E-state index in [4.69, 9.17) is 0 Å². The Morgan fingerprint density at radius 3 is 2.60 bits per heavy atom. The number of carbonyl (C=O) groups excluding carboxylic acids is 2. The van der Waals surface area contributed by atoms with E-state index in [0.29, 0.717) is 6.42 Å². The second-order valence-electron chi connectivity index (χ2n) is 4.00. The van der Waals surface area contributed by atoms with Gasteiger partial charge in [-0.25, -0.2) is 4.79 Å². The van der Waals surface area contributed by atoms with Gasteiger partial charge in [0.1, 0.15) is 6.04 Å². The first-order valence-corrected chi connectivity index (χ1v) is 5.57. The highest BCUT2D eigenvalue weighted by molar-refractivity contribution is 5.86. The summed E-state index contributed by atoms with van der Waals surface area (Å²) < 4.78 is 4.66. The lowest BCUT2D eigenvalue weighted by Gasteiger charge is -2.15. The van der Waals surface area contributed by atoms with Crippen LogP contribution in [0.2, 0.25) is 0 Å². The fourth-order valence-corrected chi connectivity index (χ4v) is 1.43. The van der Waals surface area contributed by atoms with E-state index < -0.39 is 6.04 Å². The molecule has 1 amide bonds. The normalized spacial score (nSPS) is 16.9. The van der Waals surface area contributed by atoms with Crippen molar-refractivity contribution in [2.75, 3.05) is 7.11 Å². The molecule has 1 fully saturated rings. The van der Waals surface area contributed by atoms with E-state index in [0.717, 1.165) is 25.7 Å². The van der Waals surface area contributed by atoms with Gasteiger partial charge in [-0.15, -0.1) is 0 Å². The molecule has 86 valence electrons. The van der Waals surface area contributed by atoms with Crippen molar-refractivity contribution in [3.05, 3.63) is 0 Å². The average Bonchev–Trinajstić information content (AvgIpc) is 3.06. The van der Waals surface area contributed by atoms with Gasteiger partial charge in [0, 0.05) is 5.92 Å². The van der Waals surface area contributed by atoms with Gasteiger partial charge in [0.25, 0.3) is 0 Å². The second-order valence-corrected chi connectivity index (χ2v) is 4.00. The Balaban J connectivity index is 2.39. The van der Waals surface area contributed by atoms with Crippen LogP contribution in [-0.2, 0) is 14.3 Å². The standard InChI is InChI=1S/C11H19NO3/c1-3-4-5-9(11(14)15-2)12-10(13)8-6-7-8/h8-9H,3-7H2,1-2H3,(H,12,13)/t9-/m0/s1. The molecule has 4 nitrogen and oxygen atoms in total. The van der Waals surface area contributed by atoms with Gasteiger partial charge >= 0.3 is 5.97 Å². The van der Waals surface area contributed by atoms with Crippen LogP contribution < -0.4 is 5.32 Å². The Hall–Kier alpha value is -1.06. The number of hydrogen-bond acceptors (Lipinski definition) is 3. The maximum absolute atomic E-state index is 11.5. The lowest BCUT2D eigenvalue weighted by molar-refractivity contribution is -0.145. The van der Waals surface area contributed by atoms with Crippen molar-refractivity contribution in [1.29, 1.82) is 0 Å². The number of unbranched alkanes of at least 4 members (excludes halogenated alkanes) is 1. The molecule has 0 bridgehead atoms. The molecular formula is C11H19NO3. The Labute approximate surface area is 90.4 Å². The maximum Gasteiger partial charge on any atom is 0.328 e. The summed E-state index contributed by atoms with van der Waals surface area (Å²) in [5, 5.41) is 2.75. The average molecular weight is 213 g/mol. The van der Waals surface area contributed by atoms with Crippen LogP contribution in [0.3, 0.4) is 0 Å². The number of hydrogen-bond donors (Lipinski definition) is 1. The number of nitrogens with one attached hydrogen (secondary N) is 1. The van der Waals surface area contributed by atoms with E-state index in [9.17, 15) is 9.59 Å². The molecule has 1 aliphatic rings. The number of carbonyl (C=O) groups is 2. The minimum Gasteiger partial charge on any atom is -0.467 e. The van der Waals surface area contributed by atoms with Crippen molar-refractivity contribution in [2.45, 2.75) is 45.1 Å². The van der Waals surface area contributed by atoms with Crippen molar-refractivity contribution in [1.82, 2.24) is 5.32 Å². The summed E-state index contributed by atoms with van der Waals surface area (Å²) in [6.07, 6.45) is 4.50. The molecule has 1 atom stereocenters. The number of methoxy groups -OCH3 is 1. The molecule has 0 spiro atoms. The Bertz CT molecular complexity index is 236. The summed E-state index contributed by atoms with van der Waals surface area (Å²) >= 11 is 0. The van der Waals surface area contributed by atoms with Crippen molar-refractivity contribution in [3.63, 3.8) is 0 Å². The summed E-state index contributed by atoms with van der Waals surface area (Å²) in [6.45, 7) is 2.05. The van der Waals surface area contributed by atoms with Crippen molar-refractivity contribution >= 4 is 11.9 Å². The Morgan fingerprint density at radius 1 is 1.47 bits per heavy atom. The van der Waals surface area contributed by atoms with E-state index in [1.807, 2.05) is 0 Å². The van der Waals surface area contributed by atoms with Crippen LogP contribution in [0.15, 0.2) is 0 Å². The largest absolute Gasteiger partial charge is 0.467 e. The molecule has 0 unspecified atom stereocenters. The van der Waals surface area contributed by atoms with E-state index in [-0.39, 0.29) is 17.8 Å². The second kappa shape index (κ2) is 5.73. The fourth-order valence-electron chi connectivity index (χ4n) is 1.43. The third-order valence-corrected chi connectivity index (χ3v) is 2.60. The minimum absolute atomic E-state index is 0.00139. The summed E-state index contributed by atoms with van der Waals surface area (Å²) in [6, 6.07) is -0.456. The summed E-state index contributed by atoms with van der Waals surface area (Å²) in [7, 11) is 1.35. The Kier molecular flexibility index (Phi) is 4.59. The highest BCUT2D eigenvalue weighted by atomic mass is 16.5. The lowest BCUT2D eigenvalue weighted by atomic mass is 10.1. The predicted molar refractivity (Wildman–Crippen MR) is 56.2 cm³/mol. The number of esters is 1. The number of rotatable bonds is 6. The van der Waals surface area contributed by atoms with Crippen LogP contribution in [0.4, 0.5) is 0 Å². The van der Waals surface area contributed by atoms with Crippen LogP contribution in [0, 0.1) is 5.92 Å². The first-order valence-electron chi connectivity index (χ1n) is 5.57. The van der Waals surface area contributed by atoms with Gasteiger partial charge in [0.15, 0.2) is 0 Å². The summed E-state index contributed by atoms with van der Waals surface area (Å²) in [5.41, 5.74) is 0. The quantitative estimate of drug-likeness (QED) is 0.675. The zero-order valence-electron chi connectivity index (χ0n) is 9.41.